The number of carbonyl (C=O) groups excluding carboxylic acids is 1. The van der Waals surface area contributed by atoms with Gasteiger partial charge in [0.05, 0.1) is 13.2 Å². The molecule has 1 fully saturated rings. The van der Waals surface area contributed by atoms with Crippen molar-refractivity contribution in [3.63, 3.8) is 0 Å². The van der Waals surface area contributed by atoms with E-state index in [1.54, 1.807) is 18.2 Å². The Labute approximate surface area is 144 Å². The van der Waals surface area contributed by atoms with Gasteiger partial charge in [-0.15, -0.1) is 11.8 Å². The van der Waals surface area contributed by atoms with E-state index in [1.807, 2.05) is 0 Å². The number of halogens is 1. The first-order valence-corrected chi connectivity index (χ1v) is 7.96. The Hall–Kier alpha value is -2.28. The average molecular weight is 353 g/mol. The number of aliphatic carboxylic acids is 1. The van der Waals surface area contributed by atoms with Crippen LogP contribution in [0, 0.1) is 5.82 Å². The molecular formula is C17H20FNO4S. The van der Waals surface area contributed by atoms with Gasteiger partial charge in [0, 0.05) is 24.2 Å². The molecule has 1 aromatic carbocycles. The van der Waals surface area contributed by atoms with E-state index in [4.69, 9.17) is 14.6 Å². The van der Waals surface area contributed by atoms with Crippen LogP contribution in [0.25, 0.3) is 0 Å². The van der Waals surface area contributed by atoms with Crippen LogP contribution in [-0.4, -0.2) is 29.3 Å². The predicted molar refractivity (Wildman–Crippen MR) is 92.5 cm³/mol. The minimum Gasteiger partial charge on any atom is -0.497 e. The number of benzene rings is 1. The Morgan fingerprint density at radius 2 is 2.17 bits per heavy atom. The van der Waals surface area contributed by atoms with Crippen LogP contribution in [0.2, 0.25) is 0 Å². The minimum atomic E-state index is -0.833. The van der Waals surface area contributed by atoms with E-state index in [0.29, 0.717) is 17.7 Å². The molecule has 2 atom stereocenters. The van der Waals surface area contributed by atoms with Crippen molar-refractivity contribution < 1.29 is 23.8 Å². The number of nitrogens with one attached hydrogen (secondary N) is 1. The number of carboxylic acids is 1. The highest BCUT2D eigenvalue weighted by Gasteiger charge is 2.35. The summed E-state index contributed by atoms with van der Waals surface area (Å²) in [6, 6.07) is 4.14. The van der Waals surface area contributed by atoms with Crippen molar-refractivity contribution in [2.45, 2.75) is 24.6 Å². The van der Waals surface area contributed by atoms with Crippen LogP contribution >= 0.6 is 11.8 Å². The number of methoxy groups -OCH3 is 1. The number of allylic oxidation sites excluding steroid dienone is 1. The van der Waals surface area contributed by atoms with Crippen LogP contribution in [-0.2, 0) is 9.59 Å². The molecule has 7 heteroatoms. The molecule has 1 saturated heterocycles. The van der Waals surface area contributed by atoms with Gasteiger partial charge in [-0.1, -0.05) is 19.2 Å². The maximum Gasteiger partial charge on any atom is 0.300 e. The fourth-order valence-corrected chi connectivity index (χ4v) is 3.21. The summed E-state index contributed by atoms with van der Waals surface area (Å²) in [4.78, 5) is 21.4. The minimum absolute atomic E-state index is 0.0911. The zero-order valence-electron chi connectivity index (χ0n) is 13.5. The highest BCUT2D eigenvalue weighted by molar-refractivity contribution is 8.03. The van der Waals surface area contributed by atoms with Crippen molar-refractivity contribution in [2.24, 2.45) is 0 Å². The van der Waals surface area contributed by atoms with Crippen molar-refractivity contribution in [1.29, 1.82) is 0 Å². The summed E-state index contributed by atoms with van der Waals surface area (Å²) in [5.41, 5.74) is 0.435. The summed E-state index contributed by atoms with van der Waals surface area (Å²) in [5, 5.41) is 10.1. The zero-order valence-corrected chi connectivity index (χ0v) is 14.4. The molecule has 1 aliphatic heterocycles. The summed E-state index contributed by atoms with van der Waals surface area (Å²) in [5.74, 6) is -0.715. The van der Waals surface area contributed by atoms with Gasteiger partial charge in [0.25, 0.3) is 5.97 Å². The summed E-state index contributed by atoms with van der Waals surface area (Å²) in [6.07, 6.45) is 1.96. The van der Waals surface area contributed by atoms with Crippen LogP contribution in [0.3, 0.4) is 0 Å². The maximum atomic E-state index is 14.0. The predicted octanol–water partition coefficient (Wildman–Crippen LogP) is 3.29. The molecule has 5 nitrogen and oxygen atoms in total. The number of hydrogen-bond donors (Lipinski definition) is 2. The number of rotatable bonds is 5. The summed E-state index contributed by atoms with van der Waals surface area (Å²) < 4.78 is 19.1. The second-order valence-corrected chi connectivity index (χ2v) is 6.35. The first kappa shape index (κ1) is 19.8. The monoisotopic (exact) mass is 353 g/mol. The van der Waals surface area contributed by atoms with Gasteiger partial charge < -0.3 is 15.2 Å². The SMILES string of the molecule is C=CC(=C)SC1CC(=O)NC1c1cc(OC)ccc1F.CC(=O)O. The van der Waals surface area contributed by atoms with Gasteiger partial charge in [0.1, 0.15) is 11.6 Å². The second-order valence-electron chi connectivity index (χ2n) is 4.98. The molecule has 2 N–H and O–H groups in total. The number of carboxylic acid groups (broad SMARTS) is 1. The van der Waals surface area contributed by atoms with Crippen molar-refractivity contribution in [3.8, 4) is 5.75 Å². The third kappa shape index (κ3) is 5.73. The molecule has 2 rings (SSSR count). The van der Waals surface area contributed by atoms with E-state index >= 15 is 0 Å². The molecule has 2 unspecified atom stereocenters. The molecule has 1 heterocycles. The fraction of sp³-hybridized carbons (Fsp3) is 0.294. The fourth-order valence-electron chi connectivity index (χ4n) is 2.14. The van der Waals surface area contributed by atoms with E-state index in [2.05, 4.69) is 18.5 Å². The molecule has 0 bridgehead atoms. The lowest BCUT2D eigenvalue weighted by Gasteiger charge is -2.20. The third-order valence-electron chi connectivity index (χ3n) is 3.14. The lowest BCUT2D eigenvalue weighted by Crippen LogP contribution is -2.22. The van der Waals surface area contributed by atoms with Crippen LogP contribution in [0.15, 0.2) is 42.3 Å². The van der Waals surface area contributed by atoms with Gasteiger partial charge in [-0.3, -0.25) is 9.59 Å². The van der Waals surface area contributed by atoms with Gasteiger partial charge in [-0.2, -0.15) is 0 Å². The van der Waals surface area contributed by atoms with E-state index in [1.165, 1.54) is 24.9 Å². The van der Waals surface area contributed by atoms with E-state index in [-0.39, 0.29) is 23.0 Å². The molecular weight excluding hydrogens is 333 g/mol. The Kier molecular flexibility index (Phi) is 7.51. The van der Waals surface area contributed by atoms with Crippen LogP contribution in [0.4, 0.5) is 4.39 Å². The molecule has 24 heavy (non-hydrogen) atoms. The normalized spacial score (nSPS) is 18.9. The Morgan fingerprint density at radius 3 is 2.71 bits per heavy atom. The number of ether oxygens (including phenoxy) is 1. The quantitative estimate of drug-likeness (QED) is 0.795. The third-order valence-corrected chi connectivity index (χ3v) is 4.35. The summed E-state index contributed by atoms with van der Waals surface area (Å²) in [7, 11) is 1.52. The van der Waals surface area contributed by atoms with Gasteiger partial charge in [0.2, 0.25) is 5.91 Å². The molecule has 130 valence electrons. The lowest BCUT2D eigenvalue weighted by atomic mass is 10.0. The molecule has 0 saturated carbocycles. The maximum absolute atomic E-state index is 14.0. The lowest BCUT2D eigenvalue weighted by molar-refractivity contribution is -0.134. The Bertz CT molecular complexity index is 643. The van der Waals surface area contributed by atoms with E-state index in [9.17, 15) is 9.18 Å². The van der Waals surface area contributed by atoms with E-state index in [0.717, 1.165) is 11.8 Å². The Balaban J connectivity index is 0.000000648. The van der Waals surface area contributed by atoms with Crippen molar-refractivity contribution in [2.75, 3.05) is 7.11 Å². The van der Waals surface area contributed by atoms with Gasteiger partial charge in [0.15, 0.2) is 0 Å². The highest BCUT2D eigenvalue weighted by Crippen LogP contribution is 2.39. The topological polar surface area (TPSA) is 75.6 Å². The van der Waals surface area contributed by atoms with E-state index < -0.39 is 5.97 Å². The van der Waals surface area contributed by atoms with Crippen molar-refractivity contribution in [3.05, 3.63) is 53.7 Å². The number of thioether (sulfide) groups is 1. The number of carbonyl (C=O) groups is 2. The zero-order chi connectivity index (χ0) is 18.3. The molecule has 1 aliphatic rings. The van der Waals surface area contributed by atoms with Crippen LogP contribution in [0.1, 0.15) is 24.9 Å². The molecule has 1 aromatic rings. The largest absolute Gasteiger partial charge is 0.497 e. The first-order valence-electron chi connectivity index (χ1n) is 7.08. The average Bonchev–Trinajstić information content (AvgIpc) is 2.87. The Morgan fingerprint density at radius 1 is 1.54 bits per heavy atom. The highest BCUT2D eigenvalue weighted by atomic mass is 32.2. The molecule has 0 radical (unpaired) electrons. The second kappa shape index (κ2) is 9.12. The number of hydrogen-bond acceptors (Lipinski definition) is 4. The number of amides is 1. The van der Waals surface area contributed by atoms with Gasteiger partial charge in [-0.25, -0.2) is 4.39 Å². The van der Waals surface area contributed by atoms with Gasteiger partial charge >= 0.3 is 0 Å². The van der Waals surface area contributed by atoms with Crippen molar-refractivity contribution in [1.82, 2.24) is 5.32 Å². The summed E-state index contributed by atoms with van der Waals surface area (Å²) in [6.45, 7) is 8.56. The summed E-state index contributed by atoms with van der Waals surface area (Å²) >= 11 is 1.43. The van der Waals surface area contributed by atoms with Crippen molar-refractivity contribution >= 4 is 23.6 Å². The molecule has 0 aliphatic carbocycles. The van der Waals surface area contributed by atoms with Gasteiger partial charge in [-0.05, 0) is 23.1 Å². The molecule has 1 amide bonds. The molecule has 0 aromatic heterocycles. The first-order chi connectivity index (χ1) is 11.3. The standard InChI is InChI=1S/C15H16FNO2S.C2H4O2/c1-4-9(2)20-13-8-14(18)17-15(13)11-7-10(19-3)5-6-12(11)16;1-2(3)4/h4-7,13,15H,1-2,8H2,3H3,(H,17,18);1H3,(H,3,4). The van der Waals surface area contributed by atoms with Crippen LogP contribution in [0.5, 0.6) is 5.75 Å². The van der Waals surface area contributed by atoms with Crippen LogP contribution < -0.4 is 10.1 Å². The smallest absolute Gasteiger partial charge is 0.300 e. The molecule has 0 spiro atoms.